The van der Waals surface area contributed by atoms with E-state index >= 15 is 0 Å². The Balaban J connectivity index is 0.000000815. The lowest BCUT2D eigenvalue weighted by Crippen LogP contribution is -2.30. The largest absolute Gasteiger partial charge is 0.301 e. The quantitative estimate of drug-likeness (QED) is 0.484. The Morgan fingerprint density at radius 1 is 0.917 bits per heavy atom. The summed E-state index contributed by atoms with van der Waals surface area (Å²) in [5, 5.41) is 2.64. The fourth-order valence-corrected chi connectivity index (χ4v) is 3.93. The zero-order valence-electron chi connectivity index (χ0n) is 14.6. The lowest BCUT2D eigenvalue weighted by Gasteiger charge is -2.33. The van der Waals surface area contributed by atoms with Crippen molar-refractivity contribution in [3.8, 4) is 0 Å². The maximum absolute atomic E-state index is 3.60. The van der Waals surface area contributed by atoms with E-state index in [1.165, 1.54) is 31.9 Å². The zero-order chi connectivity index (χ0) is 17.1. The first kappa shape index (κ1) is 17.2. The van der Waals surface area contributed by atoms with Crippen molar-refractivity contribution in [3.05, 3.63) is 81.8 Å². The third-order valence-electron chi connectivity index (χ3n) is 4.59. The van der Waals surface area contributed by atoms with Crippen LogP contribution in [-0.4, -0.2) is 18.5 Å². The standard InChI is InChI=1S/C20H18BrN.C2H6/c1-22-12-17-11-18(21)8-9-19(17)20(13-22)16-7-6-14-4-2-3-5-15(14)10-16;1-2/h2-11,20H,12-13H2,1H3;1-2H3. The fraction of sp³-hybridized carbons (Fsp3) is 0.273. The number of rotatable bonds is 1. The molecule has 0 bridgehead atoms. The Kier molecular flexibility index (Phi) is 5.37. The summed E-state index contributed by atoms with van der Waals surface area (Å²) in [6, 6.07) is 22.2. The van der Waals surface area contributed by atoms with Crippen molar-refractivity contribution < 1.29 is 0 Å². The smallest absolute Gasteiger partial charge is 0.0234 e. The van der Waals surface area contributed by atoms with Gasteiger partial charge in [-0.3, -0.25) is 0 Å². The number of halogens is 1. The fourth-order valence-electron chi connectivity index (χ4n) is 3.53. The van der Waals surface area contributed by atoms with Crippen LogP contribution in [0.2, 0.25) is 0 Å². The van der Waals surface area contributed by atoms with Crippen LogP contribution in [0.5, 0.6) is 0 Å². The SMILES string of the molecule is CC.CN1Cc2cc(Br)ccc2C(c2ccc3ccccc3c2)C1. The second kappa shape index (κ2) is 7.50. The number of nitrogens with zero attached hydrogens (tertiary/aromatic N) is 1. The number of benzene rings is 3. The second-order valence-corrected chi connectivity index (χ2v) is 7.11. The summed E-state index contributed by atoms with van der Waals surface area (Å²) >= 11 is 3.60. The van der Waals surface area contributed by atoms with Crippen molar-refractivity contribution in [3.63, 3.8) is 0 Å². The molecule has 0 saturated heterocycles. The highest BCUT2D eigenvalue weighted by Crippen LogP contribution is 2.35. The molecule has 3 aromatic rings. The van der Waals surface area contributed by atoms with E-state index in [2.05, 4.69) is 88.5 Å². The molecule has 1 unspecified atom stereocenters. The Morgan fingerprint density at radius 2 is 1.67 bits per heavy atom. The molecule has 2 heteroatoms. The molecule has 0 spiro atoms. The molecule has 0 radical (unpaired) electrons. The van der Waals surface area contributed by atoms with Gasteiger partial charge in [-0.05, 0) is 46.6 Å². The Morgan fingerprint density at radius 3 is 2.46 bits per heavy atom. The van der Waals surface area contributed by atoms with Gasteiger partial charge in [0.25, 0.3) is 0 Å². The summed E-state index contributed by atoms with van der Waals surface area (Å²) in [6.45, 7) is 6.10. The van der Waals surface area contributed by atoms with Crippen LogP contribution in [0.15, 0.2) is 65.1 Å². The molecule has 1 heterocycles. The lowest BCUT2D eigenvalue weighted by atomic mass is 9.84. The summed E-state index contributed by atoms with van der Waals surface area (Å²) in [4.78, 5) is 2.41. The van der Waals surface area contributed by atoms with Gasteiger partial charge in [0.15, 0.2) is 0 Å². The molecule has 1 aliphatic heterocycles. The zero-order valence-corrected chi connectivity index (χ0v) is 16.2. The molecule has 0 saturated carbocycles. The van der Waals surface area contributed by atoms with Crippen molar-refractivity contribution in [1.29, 1.82) is 0 Å². The molecule has 1 nitrogen and oxygen atoms in total. The van der Waals surface area contributed by atoms with Crippen molar-refractivity contribution >= 4 is 26.7 Å². The molecule has 0 aromatic heterocycles. The first-order valence-electron chi connectivity index (χ1n) is 8.66. The third-order valence-corrected chi connectivity index (χ3v) is 5.08. The van der Waals surface area contributed by atoms with Gasteiger partial charge < -0.3 is 4.90 Å². The van der Waals surface area contributed by atoms with Crippen molar-refractivity contribution in [2.75, 3.05) is 13.6 Å². The molecule has 4 rings (SSSR count). The number of likely N-dealkylation sites (N-methyl/N-ethyl adjacent to an activating group) is 1. The minimum absolute atomic E-state index is 0.450. The molecule has 1 atom stereocenters. The number of hydrogen-bond acceptors (Lipinski definition) is 1. The van der Waals surface area contributed by atoms with E-state index in [9.17, 15) is 0 Å². The van der Waals surface area contributed by atoms with Gasteiger partial charge in [0.2, 0.25) is 0 Å². The average molecular weight is 382 g/mol. The van der Waals surface area contributed by atoms with Crippen molar-refractivity contribution in [2.45, 2.75) is 26.3 Å². The van der Waals surface area contributed by atoms with E-state index in [1.54, 1.807) is 0 Å². The Bertz CT molecular complexity index is 840. The summed E-state index contributed by atoms with van der Waals surface area (Å²) in [7, 11) is 2.21. The molecule has 0 N–H and O–H groups in total. The van der Waals surface area contributed by atoms with E-state index in [-0.39, 0.29) is 0 Å². The Hall–Kier alpha value is -1.64. The molecule has 3 aromatic carbocycles. The van der Waals surface area contributed by atoms with Gasteiger partial charge >= 0.3 is 0 Å². The first-order chi connectivity index (χ1) is 11.7. The molecule has 24 heavy (non-hydrogen) atoms. The van der Waals surface area contributed by atoms with E-state index in [0.717, 1.165) is 13.1 Å². The van der Waals surface area contributed by atoms with Crippen LogP contribution in [0.1, 0.15) is 36.5 Å². The topological polar surface area (TPSA) is 3.24 Å². The van der Waals surface area contributed by atoms with Gasteiger partial charge in [-0.15, -0.1) is 0 Å². The van der Waals surface area contributed by atoms with Crippen LogP contribution >= 0.6 is 15.9 Å². The monoisotopic (exact) mass is 381 g/mol. The van der Waals surface area contributed by atoms with Gasteiger partial charge in [-0.2, -0.15) is 0 Å². The summed E-state index contributed by atoms with van der Waals surface area (Å²) < 4.78 is 1.17. The van der Waals surface area contributed by atoms with Gasteiger partial charge in [-0.1, -0.05) is 78.3 Å². The summed E-state index contributed by atoms with van der Waals surface area (Å²) in [5.74, 6) is 0.450. The molecule has 1 aliphatic rings. The van der Waals surface area contributed by atoms with Gasteiger partial charge in [-0.25, -0.2) is 0 Å². The predicted molar refractivity (Wildman–Crippen MR) is 108 cm³/mol. The number of hydrogen-bond donors (Lipinski definition) is 0. The second-order valence-electron chi connectivity index (χ2n) is 6.20. The molecule has 0 amide bonds. The highest BCUT2D eigenvalue weighted by atomic mass is 79.9. The maximum atomic E-state index is 3.60. The van der Waals surface area contributed by atoms with E-state index in [1.807, 2.05) is 13.8 Å². The van der Waals surface area contributed by atoms with Crippen LogP contribution in [-0.2, 0) is 6.54 Å². The van der Waals surface area contributed by atoms with E-state index in [4.69, 9.17) is 0 Å². The van der Waals surface area contributed by atoms with Gasteiger partial charge in [0, 0.05) is 23.5 Å². The minimum Gasteiger partial charge on any atom is -0.301 e. The average Bonchev–Trinajstić information content (AvgIpc) is 2.62. The van der Waals surface area contributed by atoms with Crippen LogP contribution in [0, 0.1) is 0 Å². The van der Waals surface area contributed by atoms with Crippen LogP contribution < -0.4 is 0 Å². The lowest BCUT2D eigenvalue weighted by molar-refractivity contribution is 0.295. The maximum Gasteiger partial charge on any atom is 0.0234 e. The highest BCUT2D eigenvalue weighted by Gasteiger charge is 2.24. The molecular formula is C22H24BrN. The summed E-state index contributed by atoms with van der Waals surface area (Å²) in [6.07, 6.45) is 0. The molecule has 124 valence electrons. The van der Waals surface area contributed by atoms with Crippen LogP contribution in [0.3, 0.4) is 0 Å². The first-order valence-corrected chi connectivity index (χ1v) is 9.45. The normalized spacial score (nSPS) is 17.1. The predicted octanol–water partition coefficient (Wildman–Crippen LogP) is 6.21. The Labute approximate surface area is 153 Å². The van der Waals surface area contributed by atoms with Crippen molar-refractivity contribution in [1.82, 2.24) is 4.90 Å². The molecule has 0 fully saturated rings. The molecule has 0 aliphatic carbocycles. The van der Waals surface area contributed by atoms with E-state index < -0.39 is 0 Å². The third kappa shape index (κ3) is 3.40. The van der Waals surface area contributed by atoms with Crippen molar-refractivity contribution in [2.24, 2.45) is 0 Å². The molecular weight excluding hydrogens is 358 g/mol. The van der Waals surface area contributed by atoms with Gasteiger partial charge in [0.05, 0.1) is 0 Å². The highest BCUT2D eigenvalue weighted by molar-refractivity contribution is 9.10. The van der Waals surface area contributed by atoms with E-state index in [0.29, 0.717) is 5.92 Å². The van der Waals surface area contributed by atoms with Gasteiger partial charge in [0.1, 0.15) is 0 Å². The minimum atomic E-state index is 0.450. The van der Waals surface area contributed by atoms with Crippen LogP contribution in [0.4, 0.5) is 0 Å². The van der Waals surface area contributed by atoms with Crippen LogP contribution in [0.25, 0.3) is 10.8 Å². The number of fused-ring (bicyclic) bond motifs is 2. The summed E-state index contributed by atoms with van der Waals surface area (Å²) in [5.41, 5.74) is 4.31.